The molecule has 1 aromatic heterocycles. The Morgan fingerprint density at radius 1 is 1.11 bits per heavy atom. The molecule has 7 heteroatoms. The van der Waals surface area contributed by atoms with Crippen LogP contribution in [-0.2, 0) is 23.1 Å². The number of rotatable bonds is 7. The third kappa shape index (κ3) is 6.20. The van der Waals surface area contributed by atoms with E-state index in [-0.39, 0.29) is 17.2 Å². The fourth-order valence-electron chi connectivity index (χ4n) is 2.39. The quantitative estimate of drug-likeness (QED) is 0.806. The summed E-state index contributed by atoms with van der Waals surface area (Å²) in [6, 6.07) is 7.35. The molecule has 2 aromatic rings. The summed E-state index contributed by atoms with van der Waals surface area (Å²) in [5.41, 5.74) is 1.48. The van der Waals surface area contributed by atoms with Crippen molar-refractivity contribution in [1.82, 2.24) is 20.4 Å². The van der Waals surface area contributed by atoms with Gasteiger partial charge in [-0.1, -0.05) is 38.1 Å². The van der Waals surface area contributed by atoms with Crippen LogP contribution in [0.15, 0.2) is 28.8 Å². The minimum Gasteiger partial charge on any atom is -0.356 e. The van der Waals surface area contributed by atoms with Gasteiger partial charge in [-0.15, -0.1) is 0 Å². The summed E-state index contributed by atoms with van der Waals surface area (Å²) < 4.78 is 5.23. The smallest absolute Gasteiger partial charge is 0.253 e. The molecule has 0 aliphatic rings. The topological polar surface area (TPSA) is 88.3 Å². The first-order chi connectivity index (χ1) is 12.7. The number of carbonyl (C=O) groups excluding carboxylic acids is 2. The van der Waals surface area contributed by atoms with Crippen molar-refractivity contribution in [3.63, 3.8) is 0 Å². The lowest BCUT2D eigenvalue weighted by atomic mass is 9.97. The van der Waals surface area contributed by atoms with Gasteiger partial charge < -0.3 is 14.7 Å². The van der Waals surface area contributed by atoms with Gasteiger partial charge in [-0.05, 0) is 24.1 Å². The molecular formula is C20H28N4O3. The Kier molecular flexibility index (Phi) is 6.71. The summed E-state index contributed by atoms with van der Waals surface area (Å²) in [4.78, 5) is 29.7. The maximum Gasteiger partial charge on any atom is 0.253 e. The number of aryl methyl sites for hydroxylation is 1. The maximum atomic E-state index is 12.0. The summed E-state index contributed by atoms with van der Waals surface area (Å²) in [7, 11) is 3.44. The Balaban J connectivity index is 1.73. The number of amides is 2. The number of nitrogens with zero attached hydrogens (tertiary/aromatic N) is 3. The van der Waals surface area contributed by atoms with Crippen molar-refractivity contribution < 1.29 is 14.1 Å². The number of nitrogens with one attached hydrogen (secondary N) is 1. The van der Waals surface area contributed by atoms with Crippen molar-refractivity contribution in [1.29, 1.82) is 0 Å². The van der Waals surface area contributed by atoms with Gasteiger partial charge in [-0.2, -0.15) is 4.98 Å². The van der Waals surface area contributed by atoms with Gasteiger partial charge in [0.2, 0.25) is 11.8 Å². The standard InChI is InChI=1S/C20H28N4O3/c1-20(2,3)19-22-16(23-27-19)12-13-21-17(25)11-8-14-6-9-15(10-7-14)18(26)24(4)5/h6-7,9-10H,8,11-13H2,1-5H3,(H,21,25). The second-order valence-corrected chi connectivity index (χ2v) is 7.76. The minimum absolute atomic E-state index is 0.0250. The van der Waals surface area contributed by atoms with Gasteiger partial charge in [0.15, 0.2) is 5.82 Å². The van der Waals surface area contributed by atoms with Crippen molar-refractivity contribution in [2.24, 2.45) is 0 Å². The van der Waals surface area contributed by atoms with E-state index in [0.29, 0.717) is 43.1 Å². The average Bonchev–Trinajstić information content (AvgIpc) is 3.09. The summed E-state index contributed by atoms with van der Waals surface area (Å²) in [5, 5.41) is 6.81. The van der Waals surface area contributed by atoms with E-state index in [1.165, 1.54) is 4.90 Å². The summed E-state index contributed by atoms with van der Waals surface area (Å²) in [6.07, 6.45) is 1.55. The molecule has 7 nitrogen and oxygen atoms in total. The Labute approximate surface area is 160 Å². The normalized spacial score (nSPS) is 11.3. The second-order valence-electron chi connectivity index (χ2n) is 7.76. The van der Waals surface area contributed by atoms with E-state index in [0.717, 1.165) is 5.56 Å². The van der Waals surface area contributed by atoms with Crippen molar-refractivity contribution in [2.75, 3.05) is 20.6 Å². The van der Waals surface area contributed by atoms with Crippen LogP contribution in [0.3, 0.4) is 0 Å². The molecule has 0 saturated carbocycles. The molecular weight excluding hydrogens is 344 g/mol. The van der Waals surface area contributed by atoms with Crippen LogP contribution in [0.5, 0.6) is 0 Å². The predicted octanol–water partition coefficient (Wildman–Crippen LogP) is 2.36. The molecule has 1 N–H and O–H groups in total. The number of hydrogen-bond acceptors (Lipinski definition) is 5. The van der Waals surface area contributed by atoms with Gasteiger partial charge in [0.05, 0.1) is 0 Å². The van der Waals surface area contributed by atoms with Crippen molar-refractivity contribution in [2.45, 2.75) is 45.4 Å². The summed E-state index contributed by atoms with van der Waals surface area (Å²) >= 11 is 0. The fourth-order valence-corrected chi connectivity index (χ4v) is 2.39. The number of aromatic nitrogens is 2. The molecule has 0 fully saturated rings. The Morgan fingerprint density at radius 2 is 1.78 bits per heavy atom. The van der Waals surface area contributed by atoms with Crippen LogP contribution in [0.2, 0.25) is 0 Å². The van der Waals surface area contributed by atoms with Crippen LogP contribution in [0.1, 0.15) is 54.8 Å². The fraction of sp³-hybridized carbons (Fsp3) is 0.500. The summed E-state index contributed by atoms with van der Waals surface area (Å²) in [6.45, 7) is 6.50. The zero-order chi connectivity index (χ0) is 20.0. The third-order valence-corrected chi connectivity index (χ3v) is 4.03. The molecule has 2 rings (SSSR count). The van der Waals surface area contributed by atoms with E-state index in [9.17, 15) is 9.59 Å². The van der Waals surface area contributed by atoms with Crippen LogP contribution < -0.4 is 5.32 Å². The Bertz CT molecular complexity index is 773. The lowest BCUT2D eigenvalue weighted by Gasteiger charge is -2.10. The Morgan fingerprint density at radius 3 is 2.33 bits per heavy atom. The molecule has 27 heavy (non-hydrogen) atoms. The van der Waals surface area contributed by atoms with Gasteiger partial charge in [-0.3, -0.25) is 9.59 Å². The molecule has 0 atom stereocenters. The monoisotopic (exact) mass is 372 g/mol. The first kappa shape index (κ1) is 20.6. The molecule has 1 aromatic carbocycles. The lowest BCUT2D eigenvalue weighted by Crippen LogP contribution is -2.26. The summed E-state index contributed by atoms with van der Waals surface area (Å²) in [5.74, 6) is 1.14. The number of carbonyl (C=O) groups is 2. The highest BCUT2D eigenvalue weighted by atomic mass is 16.5. The first-order valence-electron chi connectivity index (χ1n) is 9.07. The second kappa shape index (κ2) is 8.79. The molecule has 0 spiro atoms. The molecule has 1 heterocycles. The zero-order valence-corrected chi connectivity index (χ0v) is 16.7. The molecule has 0 unspecified atom stereocenters. The zero-order valence-electron chi connectivity index (χ0n) is 16.7. The molecule has 146 valence electrons. The first-order valence-corrected chi connectivity index (χ1v) is 9.07. The van der Waals surface area contributed by atoms with Gasteiger partial charge >= 0.3 is 0 Å². The van der Waals surface area contributed by atoms with Crippen molar-refractivity contribution in [3.05, 3.63) is 47.1 Å². The molecule has 0 saturated heterocycles. The highest BCUT2D eigenvalue weighted by molar-refractivity contribution is 5.93. The van der Waals surface area contributed by atoms with Crippen LogP contribution in [-0.4, -0.2) is 47.5 Å². The van der Waals surface area contributed by atoms with E-state index >= 15 is 0 Å². The number of hydrogen-bond donors (Lipinski definition) is 1. The van der Waals surface area contributed by atoms with Gasteiger partial charge in [0, 0.05) is 44.5 Å². The van der Waals surface area contributed by atoms with Crippen LogP contribution in [0.25, 0.3) is 0 Å². The van der Waals surface area contributed by atoms with Crippen molar-refractivity contribution >= 4 is 11.8 Å². The number of benzene rings is 1. The van der Waals surface area contributed by atoms with E-state index in [4.69, 9.17) is 4.52 Å². The molecule has 0 aliphatic heterocycles. The predicted molar refractivity (Wildman–Crippen MR) is 102 cm³/mol. The van der Waals surface area contributed by atoms with Crippen LogP contribution >= 0.6 is 0 Å². The maximum absolute atomic E-state index is 12.0. The van der Waals surface area contributed by atoms with Gasteiger partial charge in [0.1, 0.15) is 0 Å². The van der Waals surface area contributed by atoms with Gasteiger partial charge in [-0.25, -0.2) is 0 Å². The Hall–Kier alpha value is -2.70. The molecule has 2 amide bonds. The average molecular weight is 372 g/mol. The molecule has 0 aliphatic carbocycles. The van der Waals surface area contributed by atoms with E-state index < -0.39 is 0 Å². The highest BCUT2D eigenvalue weighted by Crippen LogP contribution is 2.19. The van der Waals surface area contributed by atoms with E-state index in [1.54, 1.807) is 26.2 Å². The molecule has 0 radical (unpaired) electrons. The van der Waals surface area contributed by atoms with Crippen LogP contribution in [0, 0.1) is 0 Å². The highest BCUT2D eigenvalue weighted by Gasteiger charge is 2.21. The minimum atomic E-state index is -0.179. The molecule has 0 bridgehead atoms. The largest absolute Gasteiger partial charge is 0.356 e. The third-order valence-electron chi connectivity index (χ3n) is 4.03. The van der Waals surface area contributed by atoms with Crippen molar-refractivity contribution in [3.8, 4) is 0 Å². The SMILES string of the molecule is CN(C)C(=O)c1ccc(CCC(=O)NCCc2noc(C(C)(C)C)n2)cc1. The van der Waals surface area contributed by atoms with E-state index in [1.807, 2.05) is 32.9 Å². The lowest BCUT2D eigenvalue weighted by molar-refractivity contribution is -0.121. The van der Waals surface area contributed by atoms with Crippen LogP contribution in [0.4, 0.5) is 0 Å². The van der Waals surface area contributed by atoms with E-state index in [2.05, 4.69) is 15.5 Å². The van der Waals surface area contributed by atoms with Gasteiger partial charge in [0.25, 0.3) is 5.91 Å².